The Morgan fingerprint density at radius 3 is 2.69 bits per heavy atom. The highest BCUT2D eigenvalue weighted by Crippen LogP contribution is 2.24. The van der Waals surface area contributed by atoms with Crippen molar-refractivity contribution in [3.8, 4) is 10.7 Å². The summed E-state index contributed by atoms with van der Waals surface area (Å²) in [7, 11) is 0. The number of benzene rings is 1. The molecule has 1 aliphatic heterocycles. The number of nitrogens with zero attached hydrogens (tertiary/aromatic N) is 4. The molecule has 2 aromatic heterocycles. The van der Waals surface area contributed by atoms with Gasteiger partial charge in [0.1, 0.15) is 0 Å². The zero-order valence-electron chi connectivity index (χ0n) is 16.7. The van der Waals surface area contributed by atoms with Gasteiger partial charge in [-0.25, -0.2) is 0 Å². The first-order valence-electron chi connectivity index (χ1n) is 10.1. The quantitative estimate of drug-likeness (QED) is 0.588. The van der Waals surface area contributed by atoms with Gasteiger partial charge in [-0.05, 0) is 49.9 Å². The third-order valence-corrected chi connectivity index (χ3v) is 6.28. The molecule has 0 spiro atoms. The van der Waals surface area contributed by atoms with Gasteiger partial charge in [-0.1, -0.05) is 41.6 Å². The topological polar surface area (TPSA) is 62.5 Å². The normalized spacial score (nSPS) is 15.5. The third kappa shape index (κ3) is 4.92. The summed E-state index contributed by atoms with van der Waals surface area (Å²) >= 11 is 1.57. The number of aromatic nitrogens is 2. The number of rotatable bonds is 7. The van der Waals surface area contributed by atoms with Gasteiger partial charge in [-0.2, -0.15) is 4.98 Å². The van der Waals surface area contributed by atoms with Crippen molar-refractivity contribution in [1.29, 1.82) is 0 Å². The first kappa shape index (κ1) is 19.8. The molecule has 4 rings (SSSR count). The number of likely N-dealkylation sites (tertiary alicyclic amines) is 1. The fourth-order valence-corrected chi connectivity index (χ4v) is 4.42. The monoisotopic (exact) mass is 410 g/mol. The van der Waals surface area contributed by atoms with Crippen LogP contribution < -0.4 is 0 Å². The molecule has 1 aliphatic rings. The summed E-state index contributed by atoms with van der Waals surface area (Å²) in [6.07, 6.45) is 1.79. The molecule has 0 radical (unpaired) electrons. The Morgan fingerprint density at radius 2 is 2.00 bits per heavy atom. The Balaban J connectivity index is 1.31. The van der Waals surface area contributed by atoms with E-state index in [9.17, 15) is 4.79 Å². The third-order valence-electron chi connectivity index (χ3n) is 5.41. The number of carbonyl (C=O) groups is 1. The zero-order valence-corrected chi connectivity index (χ0v) is 17.5. The summed E-state index contributed by atoms with van der Waals surface area (Å²) in [5, 5.41) is 6.03. The summed E-state index contributed by atoms with van der Waals surface area (Å²) in [4.78, 5) is 22.8. The lowest BCUT2D eigenvalue weighted by Gasteiger charge is -2.33. The molecule has 0 N–H and O–H groups in total. The van der Waals surface area contributed by atoms with Crippen molar-refractivity contribution in [3.05, 3.63) is 59.3 Å². The van der Waals surface area contributed by atoms with E-state index in [-0.39, 0.29) is 11.8 Å². The smallest absolute Gasteiger partial charge is 0.246 e. The van der Waals surface area contributed by atoms with Gasteiger partial charge in [0.15, 0.2) is 0 Å². The molecular formula is C22H26N4O2S. The van der Waals surface area contributed by atoms with Gasteiger partial charge in [0, 0.05) is 19.0 Å². The van der Waals surface area contributed by atoms with Gasteiger partial charge in [0.05, 0.1) is 11.4 Å². The molecule has 7 heteroatoms. The average Bonchev–Trinajstić information content (AvgIpc) is 3.45. The fraction of sp³-hybridized carbons (Fsp3) is 0.409. The van der Waals surface area contributed by atoms with Crippen LogP contribution in [0.1, 0.15) is 31.2 Å². The summed E-state index contributed by atoms with van der Waals surface area (Å²) in [5.74, 6) is 1.35. The molecule has 1 aromatic carbocycles. The van der Waals surface area contributed by atoms with Gasteiger partial charge in [-0.3, -0.25) is 9.69 Å². The van der Waals surface area contributed by atoms with Crippen molar-refractivity contribution in [2.45, 2.75) is 32.9 Å². The molecule has 0 atom stereocenters. The van der Waals surface area contributed by atoms with E-state index in [1.807, 2.05) is 35.4 Å². The molecule has 0 unspecified atom stereocenters. The second kappa shape index (κ2) is 9.33. The number of hydrogen-bond donors (Lipinski definition) is 0. The number of hydrogen-bond acceptors (Lipinski definition) is 6. The number of piperidine rings is 1. The average molecular weight is 411 g/mol. The first-order chi connectivity index (χ1) is 14.2. The van der Waals surface area contributed by atoms with Gasteiger partial charge >= 0.3 is 0 Å². The van der Waals surface area contributed by atoms with Crippen LogP contribution in [0.3, 0.4) is 0 Å². The van der Waals surface area contributed by atoms with E-state index < -0.39 is 0 Å². The van der Waals surface area contributed by atoms with E-state index in [0.717, 1.165) is 37.4 Å². The SMILES string of the molecule is CCN(Cc1nc(-c2cccs2)no1)C(=O)C1CCN(Cc2ccccc2)CC1. The highest BCUT2D eigenvalue weighted by molar-refractivity contribution is 7.13. The predicted octanol–water partition coefficient (Wildman–Crippen LogP) is 4.06. The molecule has 0 aliphatic carbocycles. The van der Waals surface area contributed by atoms with E-state index in [1.54, 1.807) is 11.3 Å². The fourth-order valence-electron chi connectivity index (χ4n) is 3.77. The highest BCUT2D eigenvalue weighted by atomic mass is 32.1. The largest absolute Gasteiger partial charge is 0.337 e. The van der Waals surface area contributed by atoms with Crippen LogP contribution in [0.25, 0.3) is 10.7 Å². The molecular weight excluding hydrogens is 384 g/mol. The van der Waals surface area contributed by atoms with Gasteiger partial charge in [0.25, 0.3) is 0 Å². The van der Waals surface area contributed by atoms with E-state index in [4.69, 9.17) is 4.52 Å². The summed E-state index contributed by atoms with van der Waals surface area (Å²) in [6.45, 7) is 5.86. The van der Waals surface area contributed by atoms with Crippen molar-refractivity contribution >= 4 is 17.2 Å². The molecule has 3 heterocycles. The molecule has 1 amide bonds. The molecule has 1 saturated heterocycles. The van der Waals surface area contributed by atoms with Crippen molar-refractivity contribution in [2.75, 3.05) is 19.6 Å². The summed E-state index contributed by atoms with van der Waals surface area (Å²) < 4.78 is 5.39. The van der Waals surface area contributed by atoms with Gasteiger partial charge in [-0.15, -0.1) is 11.3 Å². The second-order valence-corrected chi connectivity index (χ2v) is 8.33. The summed E-state index contributed by atoms with van der Waals surface area (Å²) in [6, 6.07) is 14.4. The van der Waals surface area contributed by atoms with Crippen molar-refractivity contribution in [2.24, 2.45) is 5.92 Å². The maximum atomic E-state index is 13.1. The molecule has 3 aromatic rings. The van der Waals surface area contributed by atoms with Crippen molar-refractivity contribution < 1.29 is 9.32 Å². The first-order valence-corrected chi connectivity index (χ1v) is 11.0. The molecule has 0 saturated carbocycles. The van der Waals surface area contributed by atoms with Crippen LogP contribution in [0, 0.1) is 5.92 Å². The molecule has 6 nitrogen and oxygen atoms in total. The minimum absolute atomic E-state index is 0.0710. The Labute approximate surface area is 175 Å². The standard InChI is InChI=1S/C22H26N4O2S/c1-2-26(16-20-23-21(24-28-20)19-9-6-14-29-19)22(27)18-10-12-25(13-11-18)15-17-7-4-3-5-8-17/h3-9,14,18H,2,10-13,15-16H2,1H3. The van der Waals surface area contributed by atoms with Gasteiger partial charge < -0.3 is 9.42 Å². The Bertz CT molecular complexity index is 902. The van der Waals surface area contributed by atoms with Crippen LogP contribution in [-0.2, 0) is 17.9 Å². The van der Waals surface area contributed by atoms with Crippen LogP contribution in [0.2, 0.25) is 0 Å². The van der Waals surface area contributed by atoms with Crippen molar-refractivity contribution in [1.82, 2.24) is 19.9 Å². The minimum atomic E-state index is 0.0710. The predicted molar refractivity (Wildman–Crippen MR) is 113 cm³/mol. The number of thiophene rings is 1. The van der Waals surface area contributed by atoms with Crippen LogP contribution in [0.5, 0.6) is 0 Å². The summed E-state index contributed by atoms with van der Waals surface area (Å²) in [5.41, 5.74) is 1.32. The lowest BCUT2D eigenvalue weighted by atomic mass is 9.95. The van der Waals surface area contributed by atoms with E-state index in [0.29, 0.717) is 24.8 Å². The Kier molecular flexibility index (Phi) is 6.36. The van der Waals surface area contributed by atoms with Gasteiger partial charge in [0.2, 0.25) is 17.6 Å². The van der Waals surface area contributed by atoms with E-state index >= 15 is 0 Å². The lowest BCUT2D eigenvalue weighted by molar-refractivity contribution is -0.137. The molecule has 0 bridgehead atoms. The van der Waals surface area contributed by atoms with E-state index in [2.05, 4.69) is 39.3 Å². The maximum absolute atomic E-state index is 13.1. The molecule has 1 fully saturated rings. The minimum Gasteiger partial charge on any atom is -0.337 e. The highest BCUT2D eigenvalue weighted by Gasteiger charge is 2.29. The zero-order chi connectivity index (χ0) is 20.1. The van der Waals surface area contributed by atoms with E-state index in [1.165, 1.54) is 5.56 Å². The number of amides is 1. The number of carbonyl (C=O) groups excluding carboxylic acids is 1. The van der Waals surface area contributed by atoms with Crippen LogP contribution >= 0.6 is 11.3 Å². The van der Waals surface area contributed by atoms with Crippen LogP contribution in [0.4, 0.5) is 0 Å². The van der Waals surface area contributed by atoms with Crippen LogP contribution in [0.15, 0.2) is 52.4 Å². The Morgan fingerprint density at radius 1 is 1.21 bits per heavy atom. The Hall–Kier alpha value is -2.51. The maximum Gasteiger partial charge on any atom is 0.246 e. The molecule has 29 heavy (non-hydrogen) atoms. The lowest BCUT2D eigenvalue weighted by Crippen LogP contribution is -2.42. The second-order valence-electron chi connectivity index (χ2n) is 7.38. The molecule has 152 valence electrons. The van der Waals surface area contributed by atoms with Crippen LogP contribution in [-0.4, -0.2) is 45.5 Å². The van der Waals surface area contributed by atoms with Crippen molar-refractivity contribution in [3.63, 3.8) is 0 Å².